The minimum absolute atomic E-state index is 0.330. The monoisotopic (exact) mass is 236 g/mol. The molecule has 17 heavy (non-hydrogen) atoms. The second-order valence-electron chi connectivity index (χ2n) is 4.66. The maximum absolute atomic E-state index is 9.26. The van der Waals surface area contributed by atoms with Crippen LogP contribution in [0.15, 0.2) is 24.3 Å². The lowest BCUT2D eigenvalue weighted by molar-refractivity contribution is 0.385. The molecule has 1 unspecified atom stereocenters. The number of phenols is 1. The number of rotatable bonds is 7. The maximum Gasteiger partial charge on any atom is 0.115 e. The molecule has 0 spiro atoms. The normalized spacial score (nSPS) is 12.9. The topological polar surface area (TPSA) is 35.5 Å². The van der Waals surface area contributed by atoms with Gasteiger partial charge in [-0.05, 0) is 57.7 Å². The molecule has 1 rings (SSSR count). The molecule has 96 valence electrons. The van der Waals surface area contributed by atoms with Gasteiger partial charge in [0.2, 0.25) is 0 Å². The van der Waals surface area contributed by atoms with E-state index in [2.05, 4.69) is 31.2 Å². The highest BCUT2D eigenvalue weighted by Crippen LogP contribution is 2.19. The molecule has 0 aliphatic heterocycles. The molecule has 0 aliphatic carbocycles. The van der Waals surface area contributed by atoms with Gasteiger partial charge in [-0.3, -0.25) is 0 Å². The van der Waals surface area contributed by atoms with Gasteiger partial charge in [0, 0.05) is 6.04 Å². The van der Waals surface area contributed by atoms with Crippen molar-refractivity contribution in [3.05, 3.63) is 29.8 Å². The lowest BCUT2D eigenvalue weighted by atomic mass is 10.0. The van der Waals surface area contributed by atoms with Crippen molar-refractivity contribution < 1.29 is 5.11 Å². The van der Waals surface area contributed by atoms with E-state index in [9.17, 15) is 5.11 Å². The van der Waals surface area contributed by atoms with E-state index in [1.807, 2.05) is 12.1 Å². The SMILES string of the molecule is CCC(NCCCN(C)C)c1ccc(O)cc1. The first kappa shape index (κ1) is 14.0. The summed E-state index contributed by atoms with van der Waals surface area (Å²) in [5.74, 6) is 0.330. The van der Waals surface area contributed by atoms with Crippen LogP contribution in [0.4, 0.5) is 0 Å². The number of nitrogens with zero attached hydrogens (tertiary/aromatic N) is 1. The van der Waals surface area contributed by atoms with Gasteiger partial charge in [-0.15, -0.1) is 0 Å². The summed E-state index contributed by atoms with van der Waals surface area (Å²) in [5.41, 5.74) is 1.25. The summed E-state index contributed by atoms with van der Waals surface area (Å²) < 4.78 is 0. The van der Waals surface area contributed by atoms with E-state index in [0.29, 0.717) is 11.8 Å². The highest BCUT2D eigenvalue weighted by Gasteiger charge is 2.07. The number of aromatic hydroxyl groups is 1. The Balaban J connectivity index is 2.40. The van der Waals surface area contributed by atoms with Crippen LogP contribution in [0.5, 0.6) is 5.75 Å². The molecule has 0 fully saturated rings. The summed E-state index contributed by atoms with van der Waals surface area (Å²) in [6, 6.07) is 7.86. The third-order valence-electron chi connectivity index (χ3n) is 2.88. The molecule has 0 aliphatic rings. The minimum atomic E-state index is 0.330. The molecule has 0 radical (unpaired) electrons. The van der Waals surface area contributed by atoms with E-state index >= 15 is 0 Å². The lowest BCUT2D eigenvalue weighted by Crippen LogP contribution is -2.25. The van der Waals surface area contributed by atoms with Crippen LogP contribution in [0.2, 0.25) is 0 Å². The summed E-state index contributed by atoms with van der Waals surface area (Å²) >= 11 is 0. The van der Waals surface area contributed by atoms with Gasteiger partial charge in [-0.25, -0.2) is 0 Å². The van der Waals surface area contributed by atoms with E-state index in [4.69, 9.17) is 0 Å². The van der Waals surface area contributed by atoms with Gasteiger partial charge in [-0.2, -0.15) is 0 Å². The Morgan fingerprint density at radius 3 is 2.41 bits per heavy atom. The van der Waals surface area contributed by atoms with Crippen LogP contribution in [0.3, 0.4) is 0 Å². The zero-order valence-corrected chi connectivity index (χ0v) is 11.1. The summed E-state index contributed by atoms with van der Waals surface area (Å²) in [6.07, 6.45) is 2.22. The number of nitrogens with one attached hydrogen (secondary N) is 1. The average Bonchev–Trinajstić information content (AvgIpc) is 2.30. The van der Waals surface area contributed by atoms with Crippen molar-refractivity contribution in [1.82, 2.24) is 10.2 Å². The van der Waals surface area contributed by atoms with Crippen LogP contribution in [0.25, 0.3) is 0 Å². The number of hydrogen-bond donors (Lipinski definition) is 2. The molecule has 0 saturated heterocycles. The third-order valence-corrected chi connectivity index (χ3v) is 2.88. The van der Waals surface area contributed by atoms with Gasteiger partial charge in [0.25, 0.3) is 0 Å². The molecule has 0 bridgehead atoms. The standard InChI is InChI=1S/C14H24N2O/c1-4-14(15-10-5-11-16(2)3)12-6-8-13(17)9-7-12/h6-9,14-15,17H,4-5,10-11H2,1-3H3. The summed E-state index contributed by atoms with van der Waals surface area (Å²) in [6.45, 7) is 4.31. The maximum atomic E-state index is 9.26. The van der Waals surface area contributed by atoms with Crippen LogP contribution in [-0.2, 0) is 0 Å². The Labute approximate surface area is 104 Å². The summed E-state index contributed by atoms with van der Waals surface area (Å²) in [4.78, 5) is 2.20. The summed E-state index contributed by atoms with van der Waals surface area (Å²) in [7, 11) is 4.19. The molecule has 0 heterocycles. The van der Waals surface area contributed by atoms with E-state index < -0.39 is 0 Å². The predicted octanol–water partition coefficient (Wildman–Crippen LogP) is 2.38. The molecule has 3 heteroatoms. The van der Waals surface area contributed by atoms with Crippen molar-refractivity contribution in [3.8, 4) is 5.75 Å². The van der Waals surface area contributed by atoms with Gasteiger partial charge in [-0.1, -0.05) is 19.1 Å². The van der Waals surface area contributed by atoms with Crippen molar-refractivity contribution in [3.63, 3.8) is 0 Å². The molecule has 0 aromatic heterocycles. The van der Waals surface area contributed by atoms with E-state index in [1.165, 1.54) is 5.56 Å². The Hall–Kier alpha value is -1.06. The zero-order valence-electron chi connectivity index (χ0n) is 11.1. The molecule has 1 aromatic carbocycles. The van der Waals surface area contributed by atoms with E-state index in [0.717, 1.165) is 25.9 Å². The van der Waals surface area contributed by atoms with E-state index in [-0.39, 0.29) is 0 Å². The minimum Gasteiger partial charge on any atom is -0.508 e. The van der Waals surface area contributed by atoms with Crippen LogP contribution >= 0.6 is 0 Å². The molecule has 2 N–H and O–H groups in total. The van der Waals surface area contributed by atoms with Crippen LogP contribution in [0, 0.1) is 0 Å². The summed E-state index contributed by atoms with van der Waals surface area (Å²) in [5, 5.41) is 12.8. The number of benzene rings is 1. The van der Waals surface area contributed by atoms with Gasteiger partial charge < -0.3 is 15.3 Å². The van der Waals surface area contributed by atoms with Crippen molar-refractivity contribution in [2.24, 2.45) is 0 Å². The molecule has 0 saturated carbocycles. The lowest BCUT2D eigenvalue weighted by Gasteiger charge is -2.18. The number of hydrogen-bond acceptors (Lipinski definition) is 3. The predicted molar refractivity (Wildman–Crippen MR) is 72.3 cm³/mol. The highest BCUT2D eigenvalue weighted by molar-refractivity contribution is 5.27. The molecule has 1 atom stereocenters. The van der Waals surface area contributed by atoms with Gasteiger partial charge in [0.15, 0.2) is 0 Å². The van der Waals surface area contributed by atoms with Crippen molar-refractivity contribution in [2.75, 3.05) is 27.2 Å². The Morgan fingerprint density at radius 2 is 1.88 bits per heavy atom. The first-order chi connectivity index (χ1) is 8.13. The van der Waals surface area contributed by atoms with E-state index in [1.54, 1.807) is 12.1 Å². The van der Waals surface area contributed by atoms with Crippen molar-refractivity contribution in [1.29, 1.82) is 0 Å². The fraction of sp³-hybridized carbons (Fsp3) is 0.571. The largest absolute Gasteiger partial charge is 0.508 e. The van der Waals surface area contributed by atoms with Crippen molar-refractivity contribution in [2.45, 2.75) is 25.8 Å². The Morgan fingerprint density at radius 1 is 1.24 bits per heavy atom. The molecular formula is C14H24N2O. The van der Waals surface area contributed by atoms with Crippen LogP contribution < -0.4 is 5.32 Å². The fourth-order valence-corrected chi connectivity index (χ4v) is 1.88. The number of phenolic OH excluding ortho intramolecular Hbond substituents is 1. The van der Waals surface area contributed by atoms with Gasteiger partial charge >= 0.3 is 0 Å². The molecular weight excluding hydrogens is 212 g/mol. The second-order valence-corrected chi connectivity index (χ2v) is 4.66. The molecule has 3 nitrogen and oxygen atoms in total. The highest BCUT2D eigenvalue weighted by atomic mass is 16.3. The van der Waals surface area contributed by atoms with Gasteiger partial charge in [0.1, 0.15) is 5.75 Å². The quantitative estimate of drug-likeness (QED) is 0.714. The Kier molecular flexibility index (Phi) is 6.01. The average molecular weight is 236 g/mol. The van der Waals surface area contributed by atoms with Crippen LogP contribution in [0.1, 0.15) is 31.4 Å². The van der Waals surface area contributed by atoms with Crippen LogP contribution in [-0.4, -0.2) is 37.2 Å². The van der Waals surface area contributed by atoms with Crippen molar-refractivity contribution >= 4 is 0 Å². The Bertz CT molecular complexity index is 309. The first-order valence-corrected chi connectivity index (χ1v) is 6.30. The zero-order chi connectivity index (χ0) is 12.7. The fourth-order valence-electron chi connectivity index (χ4n) is 1.88. The first-order valence-electron chi connectivity index (χ1n) is 6.30. The van der Waals surface area contributed by atoms with Gasteiger partial charge in [0.05, 0.1) is 0 Å². The molecule has 1 aromatic rings. The molecule has 0 amide bonds. The third kappa shape index (κ3) is 5.20. The second kappa shape index (κ2) is 7.30. The smallest absolute Gasteiger partial charge is 0.115 e.